The average molecular weight is 405 g/mol. The van der Waals surface area contributed by atoms with E-state index in [1.54, 1.807) is 32.9 Å². The molecule has 2 aromatic carbocycles. The van der Waals surface area contributed by atoms with Crippen LogP contribution >= 0.6 is 0 Å². The van der Waals surface area contributed by atoms with E-state index in [0.29, 0.717) is 30.1 Å². The lowest BCUT2D eigenvalue weighted by Crippen LogP contribution is -2.31. The van der Waals surface area contributed by atoms with Crippen LogP contribution < -0.4 is 10.1 Å². The monoisotopic (exact) mass is 404 g/mol. The number of carbonyl (C=O) groups excluding carboxylic acids is 1. The summed E-state index contributed by atoms with van der Waals surface area (Å²) < 4.78 is 32.7. The maximum Gasteiger partial charge on any atom is 0.262 e. The van der Waals surface area contributed by atoms with Crippen LogP contribution in [-0.4, -0.2) is 38.3 Å². The number of anilines is 1. The Balaban J connectivity index is 2.15. The molecule has 7 heteroatoms. The van der Waals surface area contributed by atoms with Crippen LogP contribution in [0.3, 0.4) is 0 Å². The highest BCUT2D eigenvalue weighted by Gasteiger charge is 2.24. The van der Waals surface area contributed by atoms with E-state index in [2.05, 4.69) is 5.32 Å². The number of hydrogen-bond acceptors (Lipinski definition) is 4. The summed E-state index contributed by atoms with van der Waals surface area (Å²) in [5, 5.41) is 2.72. The standard InChI is InChI=1S/C21H28N2O4S/c1-6-23(7-2)28(25,26)19-13-18(12-11-15(19)3)22-20(24)14-27-21-16(4)9-8-10-17(21)5/h8-13H,6-7,14H2,1-5H3,(H,22,24). The lowest BCUT2D eigenvalue weighted by molar-refractivity contribution is -0.118. The molecule has 0 unspecified atom stereocenters. The highest BCUT2D eigenvalue weighted by Crippen LogP contribution is 2.24. The van der Waals surface area contributed by atoms with Crippen LogP contribution in [0.5, 0.6) is 5.75 Å². The van der Waals surface area contributed by atoms with Crippen molar-refractivity contribution in [2.45, 2.75) is 39.5 Å². The Bertz CT molecular complexity index is 931. The van der Waals surface area contributed by atoms with Crippen LogP contribution in [0.15, 0.2) is 41.3 Å². The van der Waals surface area contributed by atoms with Gasteiger partial charge in [-0.25, -0.2) is 8.42 Å². The molecule has 6 nitrogen and oxygen atoms in total. The number of sulfonamides is 1. The molecule has 0 radical (unpaired) electrons. The predicted octanol–water partition coefficient (Wildman–Crippen LogP) is 3.66. The quantitative estimate of drug-likeness (QED) is 0.728. The van der Waals surface area contributed by atoms with Crippen molar-refractivity contribution in [3.63, 3.8) is 0 Å². The number of carbonyl (C=O) groups is 1. The number of nitrogens with one attached hydrogen (secondary N) is 1. The van der Waals surface area contributed by atoms with Gasteiger partial charge in [0.1, 0.15) is 5.75 Å². The fraction of sp³-hybridized carbons (Fsp3) is 0.381. The van der Waals surface area contributed by atoms with E-state index in [9.17, 15) is 13.2 Å². The number of nitrogens with zero attached hydrogens (tertiary/aromatic N) is 1. The molecule has 0 aromatic heterocycles. The summed E-state index contributed by atoms with van der Waals surface area (Å²) in [5.41, 5.74) is 2.97. The van der Waals surface area contributed by atoms with E-state index in [-0.39, 0.29) is 17.4 Å². The highest BCUT2D eigenvalue weighted by atomic mass is 32.2. The zero-order valence-corrected chi connectivity index (χ0v) is 17.9. The molecule has 0 saturated heterocycles. The first-order valence-corrected chi connectivity index (χ1v) is 10.7. The number of ether oxygens (including phenoxy) is 1. The van der Waals surface area contributed by atoms with Crippen LogP contribution in [0.4, 0.5) is 5.69 Å². The van der Waals surface area contributed by atoms with Gasteiger partial charge in [0, 0.05) is 18.8 Å². The average Bonchev–Trinajstić information content (AvgIpc) is 2.63. The van der Waals surface area contributed by atoms with Gasteiger partial charge < -0.3 is 10.1 Å². The normalized spacial score (nSPS) is 11.5. The molecular weight excluding hydrogens is 376 g/mol. The Morgan fingerprint density at radius 3 is 2.18 bits per heavy atom. The third-order valence-electron chi connectivity index (χ3n) is 4.55. The number of amides is 1. The van der Waals surface area contributed by atoms with Crippen molar-refractivity contribution in [3.8, 4) is 5.75 Å². The van der Waals surface area contributed by atoms with Crippen LogP contribution in [0, 0.1) is 20.8 Å². The molecule has 1 amide bonds. The maximum atomic E-state index is 12.8. The van der Waals surface area contributed by atoms with E-state index in [1.165, 1.54) is 10.4 Å². The minimum absolute atomic E-state index is 0.155. The molecule has 0 aliphatic carbocycles. The smallest absolute Gasteiger partial charge is 0.262 e. The topological polar surface area (TPSA) is 75.7 Å². The second kappa shape index (κ2) is 9.21. The van der Waals surface area contributed by atoms with Gasteiger partial charge in [0.25, 0.3) is 5.91 Å². The van der Waals surface area contributed by atoms with E-state index in [1.807, 2.05) is 32.0 Å². The van der Waals surface area contributed by atoms with Crippen molar-refractivity contribution in [2.75, 3.05) is 25.0 Å². The molecule has 152 valence electrons. The SMILES string of the molecule is CCN(CC)S(=O)(=O)c1cc(NC(=O)COc2c(C)cccc2C)ccc1C. The van der Waals surface area contributed by atoms with Gasteiger partial charge in [0.05, 0.1) is 4.90 Å². The lowest BCUT2D eigenvalue weighted by atomic mass is 10.1. The van der Waals surface area contributed by atoms with Gasteiger partial charge >= 0.3 is 0 Å². The van der Waals surface area contributed by atoms with E-state index < -0.39 is 10.0 Å². The number of aryl methyl sites for hydroxylation is 3. The second-order valence-corrected chi connectivity index (χ2v) is 8.53. The van der Waals surface area contributed by atoms with Gasteiger partial charge in [-0.2, -0.15) is 4.31 Å². The molecule has 2 aromatic rings. The molecule has 0 aliphatic rings. The predicted molar refractivity (Wildman–Crippen MR) is 111 cm³/mol. The molecule has 0 spiro atoms. The van der Waals surface area contributed by atoms with Crippen molar-refractivity contribution in [2.24, 2.45) is 0 Å². The number of para-hydroxylation sites is 1. The first-order chi connectivity index (χ1) is 13.2. The van der Waals surface area contributed by atoms with Crippen molar-refractivity contribution in [1.82, 2.24) is 4.31 Å². The molecule has 28 heavy (non-hydrogen) atoms. The fourth-order valence-corrected chi connectivity index (χ4v) is 4.73. The van der Waals surface area contributed by atoms with Gasteiger partial charge in [-0.3, -0.25) is 4.79 Å². The Hall–Kier alpha value is -2.38. The minimum atomic E-state index is -3.61. The number of hydrogen-bond donors (Lipinski definition) is 1. The van der Waals surface area contributed by atoms with Gasteiger partial charge in [0.2, 0.25) is 10.0 Å². The van der Waals surface area contributed by atoms with Crippen LogP contribution in [0.25, 0.3) is 0 Å². The fourth-order valence-electron chi connectivity index (χ4n) is 3.02. The molecule has 0 heterocycles. The van der Waals surface area contributed by atoms with Crippen LogP contribution in [-0.2, 0) is 14.8 Å². The van der Waals surface area contributed by atoms with E-state index >= 15 is 0 Å². The second-order valence-electron chi connectivity index (χ2n) is 6.63. The Kier molecular flexibility index (Phi) is 7.21. The molecule has 2 rings (SSSR count). The summed E-state index contributed by atoms with van der Waals surface area (Å²) in [6, 6.07) is 10.7. The maximum absolute atomic E-state index is 12.8. The van der Waals surface area contributed by atoms with E-state index in [4.69, 9.17) is 4.74 Å². The van der Waals surface area contributed by atoms with Gasteiger partial charge in [0.15, 0.2) is 6.61 Å². The molecule has 1 N–H and O–H groups in total. The number of rotatable bonds is 8. The third-order valence-corrected chi connectivity index (χ3v) is 6.74. The van der Waals surface area contributed by atoms with Gasteiger partial charge in [-0.05, 0) is 49.6 Å². The van der Waals surface area contributed by atoms with Crippen molar-refractivity contribution in [3.05, 3.63) is 53.1 Å². The zero-order valence-electron chi connectivity index (χ0n) is 17.1. The van der Waals surface area contributed by atoms with Crippen LogP contribution in [0.2, 0.25) is 0 Å². The summed E-state index contributed by atoms with van der Waals surface area (Å²) in [7, 11) is -3.61. The third kappa shape index (κ3) is 4.91. The summed E-state index contributed by atoms with van der Waals surface area (Å²) in [6.45, 7) is 9.80. The van der Waals surface area contributed by atoms with Crippen molar-refractivity contribution < 1.29 is 17.9 Å². The van der Waals surface area contributed by atoms with E-state index in [0.717, 1.165) is 11.1 Å². The summed E-state index contributed by atoms with van der Waals surface area (Å²) in [6.07, 6.45) is 0. The summed E-state index contributed by atoms with van der Waals surface area (Å²) in [5.74, 6) is 0.337. The summed E-state index contributed by atoms with van der Waals surface area (Å²) >= 11 is 0. The lowest BCUT2D eigenvalue weighted by Gasteiger charge is -2.20. The Morgan fingerprint density at radius 2 is 1.61 bits per heavy atom. The minimum Gasteiger partial charge on any atom is -0.483 e. The van der Waals surface area contributed by atoms with Crippen LogP contribution in [0.1, 0.15) is 30.5 Å². The number of benzene rings is 2. The molecular formula is C21H28N2O4S. The Morgan fingerprint density at radius 1 is 1.00 bits per heavy atom. The van der Waals surface area contributed by atoms with Gasteiger partial charge in [-0.15, -0.1) is 0 Å². The Labute approximate surface area is 167 Å². The van der Waals surface area contributed by atoms with Crippen molar-refractivity contribution >= 4 is 21.6 Å². The first kappa shape index (κ1) is 21.9. The molecule has 0 atom stereocenters. The largest absolute Gasteiger partial charge is 0.483 e. The highest BCUT2D eigenvalue weighted by molar-refractivity contribution is 7.89. The van der Waals surface area contributed by atoms with Gasteiger partial charge in [-0.1, -0.05) is 38.1 Å². The molecule has 0 bridgehead atoms. The zero-order chi connectivity index (χ0) is 20.9. The molecule has 0 saturated carbocycles. The molecule has 0 fully saturated rings. The summed E-state index contributed by atoms with van der Waals surface area (Å²) in [4.78, 5) is 12.5. The van der Waals surface area contributed by atoms with Crippen molar-refractivity contribution in [1.29, 1.82) is 0 Å². The molecule has 0 aliphatic heterocycles. The first-order valence-electron chi connectivity index (χ1n) is 9.30.